The highest BCUT2D eigenvalue weighted by molar-refractivity contribution is 5.61. The molecule has 2 saturated heterocycles. The molecule has 2 atom stereocenters. The van der Waals surface area contributed by atoms with Crippen molar-refractivity contribution in [2.45, 2.75) is 25.3 Å². The van der Waals surface area contributed by atoms with E-state index in [1.165, 1.54) is 25.0 Å². The van der Waals surface area contributed by atoms with E-state index in [2.05, 4.69) is 10.2 Å². The summed E-state index contributed by atoms with van der Waals surface area (Å²) in [5.74, 6) is -0.150. The molecule has 3 rings (SSSR count). The van der Waals surface area contributed by atoms with Gasteiger partial charge >= 0.3 is 0 Å². The van der Waals surface area contributed by atoms with Gasteiger partial charge in [-0.05, 0) is 44.5 Å². The van der Waals surface area contributed by atoms with Crippen LogP contribution in [0, 0.1) is 21.8 Å². The molecule has 0 aromatic heterocycles. The van der Waals surface area contributed by atoms with E-state index in [4.69, 9.17) is 4.74 Å². The van der Waals surface area contributed by atoms with Gasteiger partial charge in [0, 0.05) is 25.1 Å². The van der Waals surface area contributed by atoms with Crippen LogP contribution in [0.1, 0.15) is 19.3 Å². The fraction of sp³-hybridized carbons (Fsp3) is 0.625. The van der Waals surface area contributed by atoms with Crippen LogP contribution in [0.5, 0.6) is 0 Å². The van der Waals surface area contributed by atoms with Crippen LogP contribution >= 0.6 is 0 Å². The first-order chi connectivity index (χ1) is 11.1. The Morgan fingerprint density at radius 2 is 2.22 bits per heavy atom. The second-order valence-corrected chi connectivity index (χ2v) is 6.23. The number of nitro benzene ring substituents is 1. The number of benzene rings is 1. The minimum absolute atomic E-state index is 0.215. The largest absolute Gasteiger partial charge is 0.381 e. The zero-order chi connectivity index (χ0) is 16.2. The molecule has 0 radical (unpaired) electrons. The Morgan fingerprint density at radius 1 is 1.43 bits per heavy atom. The van der Waals surface area contributed by atoms with Crippen molar-refractivity contribution in [1.29, 1.82) is 0 Å². The predicted octanol–water partition coefficient (Wildman–Crippen LogP) is 2.65. The van der Waals surface area contributed by atoms with Gasteiger partial charge in [-0.3, -0.25) is 15.0 Å². The Bertz CT molecular complexity index is 542. The quantitative estimate of drug-likeness (QED) is 0.644. The number of ether oxygens (including phenoxy) is 1. The number of anilines is 1. The third-order valence-electron chi connectivity index (χ3n) is 4.78. The maximum Gasteiger partial charge on any atom is 0.295 e. The number of hydrogen-bond donors (Lipinski definition) is 1. The lowest BCUT2D eigenvalue weighted by atomic mass is 9.97. The third-order valence-corrected chi connectivity index (χ3v) is 4.78. The van der Waals surface area contributed by atoms with E-state index in [1.807, 2.05) is 0 Å². The molecule has 0 unspecified atom stereocenters. The van der Waals surface area contributed by atoms with Crippen molar-refractivity contribution >= 4 is 11.4 Å². The smallest absolute Gasteiger partial charge is 0.295 e. The van der Waals surface area contributed by atoms with Crippen LogP contribution in [0.2, 0.25) is 0 Å². The molecule has 0 amide bonds. The van der Waals surface area contributed by atoms with Gasteiger partial charge in [0.15, 0.2) is 0 Å². The summed E-state index contributed by atoms with van der Waals surface area (Å²) in [7, 11) is 0. The van der Waals surface area contributed by atoms with Gasteiger partial charge in [0.2, 0.25) is 0 Å². The van der Waals surface area contributed by atoms with E-state index in [9.17, 15) is 14.5 Å². The molecule has 2 heterocycles. The van der Waals surface area contributed by atoms with Crippen molar-refractivity contribution in [2.24, 2.45) is 5.92 Å². The Balaban J connectivity index is 1.72. The Labute approximate surface area is 134 Å². The number of rotatable bonds is 6. The number of hydrogen-bond acceptors (Lipinski definition) is 5. The lowest BCUT2D eigenvalue weighted by Crippen LogP contribution is -2.44. The van der Waals surface area contributed by atoms with Gasteiger partial charge in [-0.2, -0.15) is 0 Å². The van der Waals surface area contributed by atoms with Crippen LogP contribution in [0.4, 0.5) is 15.8 Å². The van der Waals surface area contributed by atoms with Crippen LogP contribution in [-0.4, -0.2) is 48.7 Å². The molecular formula is C16H22FN3O3. The van der Waals surface area contributed by atoms with Crippen LogP contribution in [0.3, 0.4) is 0 Å². The molecule has 0 spiro atoms. The van der Waals surface area contributed by atoms with Crippen molar-refractivity contribution in [3.8, 4) is 0 Å². The second kappa shape index (κ2) is 7.23. The predicted molar refractivity (Wildman–Crippen MR) is 85.1 cm³/mol. The molecule has 1 aromatic carbocycles. The summed E-state index contributed by atoms with van der Waals surface area (Å²) in [6.07, 6.45) is 3.41. The number of halogens is 1. The zero-order valence-corrected chi connectivity index (χ0v) is 13.0. The number of nitrogens with zero attached hydrogens (tertiary/aromatic N) is 2. The van der Waals surface area contributed by atoms with Gasteiger partial charge in [0.25, 0.3) is 5.69 Å². The molecule has 0 saturated carbocycles. The minimum Gasteiger partial charge on any atom is -0.381 e. The maximum absolute atomic E-state index is 13.2. The van der Waals surface area contributed by atoms with Crippen LogP contribution < -0.4 is 5.32 Å². The van der Waals surface area contributed by atoms with Gasteiger partial charge in [-0.1, -0.05) is 0 Å². The SMILES string of the molecule is O=[N+]([O-])c1cc(F)ccc1NC[C@@H]([C@@H]1CCOC1)N1CCCC1. The summed E-state index contributed by atoms with van der Waals surface area (Å²) in [6, 6.07) is 3.95. The first-order valence-corrected chi connectivity index (χ1v) is 8.15. The topological polar surface area (TPSA) is 67.6 Å². The van der Waals surface area contributed by atoms with Gasteiger partial charge in [0.05, 0.1) is 17.6 Å². The van der Waals surface area contributed by atoms with Crippen LogP contribution in [0.15, 0.2) is 18.2 Å². The monoisotopic (exact) mass is 323 g/mol. The first kappa shape index (κ1) is 16.1. The highest BCUT2D eigenvalue weighted by Crippen LogP contribution is 2.28. The van der Waals surface area contributed by atoms with Crippen LogP contribution in [0.25, 0.3) is 0 Å². The molecule has 2 aliphatic rings. The van der Waals surface area contributed by atoms with E-state index in [0.717, 1.165) is 38.8 Å². The number of nitro groups is 1. The van der Waals surface area contributed by atoms with Gasteiger partial charge in [-0.15, -0.1) is 0 Å². The molecule has 0 bridgehead atoms. The fourth-order valence-electron chi connectivity index (χ4n) is 3.54. The standard InChI is InChI=1S/C16H22FN3O3/c17-13-3-4-14(15(9-13)20(21)22)18-10-16(12-5-8-23-11-12)19-6-1-2-7-19/h3-4,9,12,16,18H,1-2,5-8,10-11H2/t12-,16+/m1/s1. The molecule has 1 aromatic rings. The van der Waals surface area contributed by atoms with Crippen molar-refractivity contribution < 1.29 is 14.1 Å². The first-order valence-electron chi connectivity index (χ1n) is 8.15. The molecule has 126 valence electrons. The summed E-state index contributed by atoms with van der Waals surface area (Å²) >= 11 is 0. The molecule has 0 aliphatic carbocycles. The highest BCUT2D eigenvalue weighted by Gasteiger charge is 2.32. The molecular weight excluding hydrogens is 301 g/mol. The maximum atomic E-state index is 13.2. The normalized spacial score (nSPS) is 23.1. The minimum atomic E-state index is -0.595. The lowest BCUT2D eigenvalue weighted by Gasteiger charge is -2.32. The third kappa shape index (κ3) is 3.79. The van der Waals surface area contributed by atoms with Crippen LogP contribution in [-0.2, 0) is 4.74 Å². The van der Waals surface area contributed by atoms with E-state index in [1.54, 1.807) is 0 Å². The highest BCUT2D eigenvalue weighted by atomic mass is 19.1. The molecule has 23 heavy (non-hydrogen) atoms. The molecule has 6 nitrogen and oxygen atoms in total. The second-order valence-electron chi connectivity index (χ2n) is 6.23. The average Bonchev–Trinajstić information content (AvgIpc) is 3.22. The van der Waals surface area contributed by atoms with Gasteiger partial charge in [-0.25, -0.2) is 4.39 Å². The summed E-state index contributed by atoms with van der Waals surface area (Å²) in [6.45, 7) is 4.27. The molecule has 2 aliphatic heterocycles. The summed E-state index contributed by atoms with van der Waals surface area (Å²) in [5.41, 5.74) is 0.160. The zero-order valence-electron chi connectivity index (χ0n) is 13.0. The summed E-state index contributed by atoms with van der Waals surface area (Å²) < 4.78 is 18.8. The fourth-order valence-corrected chi connectivity index (χ4v) is 3.54. The van der Waals surface area contributed by atoms with E-state index in [0.29, 0.717) is 24.2 Å². The van der Waals surface area contributed by atoms with E-state index < -0.39 is 10.7 Å². The molecule has 2 fully saturated rings. The Morgan fingerprint density at radius 3 is 2.87 bits per heavy atom. The summed E-state index contributed by atoms with van der Waals surface area (Å²) in [4.78, 5) is 13.0. The van der Waals surface area contributed by atoms with Gasteiger partial charge in [0.1, 0.15) is 11.5 Å². The number of likely N-dealkylation sites (tertiary alicyclic amines) is 1. The molecule has 7 heteroatoms. The molecule has 1 N–H and O–H groups in total. The van der Waals surface area contributed by atoms with Crippen molar-refractivity contribution in [2.75, 3.05) is 38.2 Å². The van der Waals surface area contributed by atoms with Gasteiger partial charge < -0.3 is 10.1 Å². The average molecular weight is 323 g/mol. The van der Waals surface area contributed by atoms with Crippen molar-refractivity contribution in [1.82, 2.24) is 4.90 Å². The van der Waals surface area contributed by atoms with E-state index >= 15 is 0 Å². The Hall–Kier alpha value is -1.73. The number of nitrogens with one attached hydrogen (secondary N) is 1. The van der Waals surface area contributed by atoms with Crippen molar-refractivity contribution in [3.63, 3.8) is 0 Å². The van der Waals surface area contributed by atoms with E-state index in [-0.39, 0.29) is 5.69 Å². The lowest BCUT2D eigenvalue weighted by molar-refractivity contribution is -0.384. The van der Waals surface area contributed by atoms with Crippen molar-refractivity contribution in [3.05, 3.63) is 34.1 Å². The Kier molecular flexibility index (Phi) is 5.07. The summed E-state index contributed by atoms with van der Waals surface area (Å²) in [5, 5.41) is 14.3.